The van der Waals surface area contributed by atoms with Gasteiger partial charge in [0.2, 0.25) is 0 Å². The number of nitrogens with one attached hydrogen (secondary N) is 1. The molecule has 1 unspecified atom stereocenters. The summed E-state index contributed by atoms with van der Waals surface area (Å²) in [7, 11) is 1.64. The van der Waals surface area contributed by atoms with Crippen molar-refractivity contribution in [2.75, 3.05) is 13.7 Å². The SMILES string of the molecule is COc1ccc(Br)cc1CC(O)CNC(C)C. The van der Waals surface area contributed by atoms with E-state index in [2.05, 4.69) is 35.1 Å². The van der Waals surface area contributed by atoms with E-state index in [0.29, 0.717) is 19.0 Å². The van der Waals surface area contributed by atoms with Gasteiger partial charge in [-0.3, -0.25) is 0 Å². The fraction of sp³-hybridized carbons (Fsp3) is 0.538. The first-order valence-corrected chi connectivity index (χ1v) is 6.56. The van der Waals surface area contributed by atoms with Crippen LogP contribution in [-0.2, 0) is 6.42 Å². The third-order valence-corrected chi connectivity index (χ3v) is 2.95. The average molecular weight is 302 g/mol. The molecule has 0 bridgehead atoms. The molecule has 0 heterocycles. The summed E-state index contributed by atoms with van der Waals surface area (Å²) in [4.78, 5) is 0. The summed E-state index contributed by atoms with van der Waals surface area (Å²) in [5.74, 6) is 0.816. The van der Waals surface area contributed by atoms with Crippen molar-refractivity contribution in [2.24, 2.45) is 0 Å². The van der Waals surface area contributed by atoms with Crippen LogP contribution >= 0.6 is 15.9 Å². The highest BCUT2D eigenvalue weighted by molar-refractivity contribution is 9.10. The Morgan fingerprint density at radius 1 is 1.41 bits per heavy atom. The molecule has 17 heavy (non-hydrogen) atoms. The highest BCUT2D eigenvalue weighted by Crippen LogP contribution is 2.24. The lowest BCUT2D eigenvalue weighted by Gasteiger charge is -2.16. The van der Waals surface area contributed by atoms with Gasteiger partial charge in [-0.1, -0.05) is 29.8 Å². The van der Waals surface area contributed by atoms with E-state index in [1.54, 1.807) is 7.11 Å². The summed E-state index contributed by atoms with van der Waals surface area (Å²) in [5, 5.41) is 13.1. The number of halogens is 1. The zero-order chi connectivity index (χ0) is 12.8. The van der Waals surface area contributed by atoms with Crippen LogP contribution in [0.4, 0.5) is 0 Å². The number of benzene rings is 1. The summed E-state index contributed by atoms with van der Waals surface area (Å²) in [5.41, 5.74) is 1.01. The minimum Gasteiger partial charge on any atom is -0.496 e. The molecule has 1 rings (SSSR count). The number of aliphatic hydroxyl groups is 1. The minimum atomic E-state index is -0.402. The fourth-order valence-corrected chi connectivity index (χ4v) is 2.01. The smallest absolute Gasteiger partial charge is 0.122 e. The molecule has 4 heteroatoms. The number of methoxy groups -OCH3 is 1. The second kappa shape index (κ2) is 6.99. The van der Waals surface area contributed by atoms with Crippen molar-refractivity contribution in [3.63, 3.8) is 0 Å². The lowest BCUT2D eigenvalue weighted by molar-refractivity contribution is 0.168. The molecule has 1 aromatic carbocycles. The van der Waals surface area contributed by atoms with Crippen molar-refractivity contribution in [1.82, 2.24) is 5.32 Å². The van der Waals surface area contributed by atoms with Crippen molar-refractivity contribution in [1.29, 1.82) is 0 Å². The Hall–Kier alpha value is -0.580. The Bertz CT molecular complexity index is 355. The molecule has 0 spiro atoms. The third kappa shape index (κ3) is 5.06. The van der Waals surface area contributed by atoms with Crippen molar-refractivity contribution < 1.29 is 9.84 Å². The van der Waals surface area contributed by atoms with Crippen molar-refractivity contribution in [3.05, 3.63) is 28.2 Å². The van der Waals surface area contributed by atoms with Crippen LogP contribution in [0.3, 0.4) is 0 Å². The molecule has 1 atom stereocenters. The summed E-state index contributed by atoms with van der Waals surface area (Å²) in [6.45, 7) is 4.71. The average Bonchev–Trinajstić information content (AvgIpc) is 2.27. The molecule has 0 aliphatic heterocycles. The Morgan fingerprint density at radius 3 is 2.71 bits per heavy atom. The van der Waals surface area contributed by atoms with Gasteiger partial charge in [-0.15, -0.1) is 0 Å². The number of rotatable bonds is 6. The molecule has 0 aliphatic rings. The van der Waals surface area contributed by atoms with Gasteiger partial charge in [0.1, 0.15) is 5.75 Å². The van der Waals surface area contributed by atoms with Crippen LogP contribution in [0, 0.1) is 0 Å². The Morgan fingerprint density at radius 2 is 2.12 bits per heavy atom. The topological polar surface area (TPSA) is 41.5 Å². The van der Waals surface area contributed by atoms with Crippen LogP contribution in [-0.4, -0.2) is 30.9 Å². The first kappa shape index (κ1) is 14.5. The molecule has 0 fully saturated rings. The largest absolute Gasteiger partial charge is 0.496 e. The van der Waals surface area contributed by atoms with Crippen molar-refractivity contribution >= 4 is 15.9 Å². The number of hydrogen-bond acceptors (Lipinski definition) is 3. The number of ether oxygens (including phenoxy) is 1. The maximum Gasteiger partial charge on any atom is 0.122 e. The zero-order valence-corrected chi connectivity index (χ0v) is 12.1. The molecule has 0 aromatic heterocycles. The van der Waals surface area contributed by atoms with Gasteiger partial charge in [0.25, 0.3) is 0 Å². The summed E-state index contributed by atoms with van der Waals surface area (Å²) in [6.07, 6.45) is 0.183. The maximum atomic E-state index is 9.93. The van der Waals surface area contributed by atoms with Crippen molar-refractivity contribution in [3.8, 4) is 5.75 Å². The van der Waals surface area contributed by atoms with E-state index in [0.717, 1.165) is 15.8 Å². The molecular formula is C13H20BrNO2. The second-order valence-corrected chi connectivity index (χ2v) is 5.29. The molecule has 2 N–H and O–H groups in total. The molecule has 0 radical (unpaired) electrons. The van der Waals surface area contributed by atoms with E-state index in [1.807, 2.05) is 18.2 Å². The Labute approximate surface area is 111 Å². The molecule has 0 saturated carbocycles. The van der Waals surface area contributed by atoms with Crippen LogP contribution < -0.4 is 10.1 Å². The van der Waals surface area contributed by atoms with Gasteiger partial charge >= 0.3 is 0 Å². The van der Waals surface area contributed by atoms with Crippen LogP contribution in [0.5, 0.6) is 5.75 Å². The number of aliphatic hydroxyl groups excluding tert-OH is 1. The van der Waals surface area contributed by atoms with Crippen LogP contribution in [0.15, 0.2) is 22.7 Å². The summed E-state index contributed by atoms with van der Waals surface area (Å²) < 4.78 is 6.27. The monoisotopic (exact) mass is 301 g/mol. The van der Waals surface area contributed by atoms with Crippen LogP contribution in [0.25, 0.3) is 0 Å². The van der Waals surface area contributed by atoms with Gasteiger partial charge in [-0.05, 0) is 23.8 Å². The fourth-order valence-electron chi connectivity index (χ4n) is 1.60. The van der Waals surface area contributed by atoms with Gasteiger partial charge < -0.3 is 15.2 Å². The minimum absolute atomic E-state index is 0.383. The molecule has 1 aromatic rings. The van der Waals surface area contributed by atoms with Gasteiger partial charge in [0.05, 0.1) is 13.2 Å². The molecule has 0 amide bonds. The van der Waals surface area contributed by atoms with Crippen molar-refractivity contribution in [2.45, 2.75) is 32.4 Å². The number of hydrogen-bond donors (Lipinski definition) is 2. The molecular weight excluding hydrogens is 282 g/mol. The van der Waals surface area contributed by atoms with Gasteiger partial charge in [-0.25, -0.2) is 0 Å². The lowest BCUT2D eigenvalue weighted by Crippen LogP contribution is -2.33. The van der Waals surface area contributed by atoms with E-state index in [4.69, 9.17) is 4.74 Å². The maximum absolute atomic E-state index is 9.93. The Balaban J connectivity index is 2.63. The van der Waals surface area contributed by atoms with Crippen LogP contribution in [0.1, 0.15) is 19.4 Å². The normalized spacial score (nSPS) is 12.8. The highest BCUT2D eigenvalue weighted by Gasteiger charge is 2.10. The summed E-state index contributed by atoms with van der Waals surface area (Å²) >= 11 is 3.42. The molecule has 0 aliphatic carbocycles. The standard InChI is InChI=1S/C13H20BrNO2/c1-9(2)15-8-12(16)7-10-6-11(14)4-5-13(10)17-3/h4-6,9,12,15-16H,7-8H2,1-3H3. The van der Waals surface area contributed by atoms with Gasteiger partial charge in [0, 0.05) is 23.5 Å². The van der Waals surface area contributed by atoms with Gasteiger partial charge in [-0.2, -0.15) is 0 Å². The molecule has 96 valence electrons. The Kier molecular flexibility index (Phi) is 5.95. The van der Waals surface area contributed by atoms with Crippen LogP contribution in [0.2, 0.25) is 0 Å². The zero-order valence-electron chi connectivity index (χ0n) is 10.5. The predicted molar refractivity (Wildman–Crippen MR) is 73.5 cm³/mol. The van der Waals surface area contributed by atoms with Gasteiger partial charge in [0.15, 0.2) is 0 Å². The van der Waals surface area contributed by atoms with E-state index in [9.17, 15) is 5.11 Å². The van der Waals surface area contributed by atoms with E-state index < -0.39 is 6.10 Å². The second-order valence-electron chi connectivity index (χ2n) is 4.38. The lowest BCUT2D eigenvalue weighted by atomic mass is 10.1. The third-order valence-electron chi connectivity index (χ3n) is 2.46. The first-order valence-electron chi connectivity index (χ1n) is 5.76. The summed E-state index contributed by atoms with van der Waals surface area (Å²) in [6, 6.07) is 6.20. The first-order chi connectivity index (χ1) is 8.02. The highest BCUT2D eigenvalue weighted by atomic mass is 79.9. The predicted octanol–water partition coefficient (Wildman–Crippen LogP) is 2.36. The molecule has 3 nitrogen and oxygen atoms in total. The quantitative estimate of drug-likeness (QED) is 0.847. The van der Waals surface area contributed by atoms with E-state index in [-0.39, 0.29) is 0 Å². The molecule has 0 saturated heterocycles. The van der Waals surface area contributed by atoms with E-state index >= 15 is 0 Å². The van der Waals surface area contributed by atoms with E-state index in [1.165, 1.54) is 0 Å².